The van der Waals surface area contributed by atoms with E-state index >= 15 is 0 Å². The molecule has 1 amide bonds. The molecule has 1 rings (SSSR count). The second-order valence-corrected chi connectivity index (χ2v) is 18.3. The minimum absolute atomic E-state index is 0.136. The average Bonchev–Trinajstić information content (AvgIpc) is 3.25. The average molecular weight is 854 g/mol. The molecule has 1 fully saturated rings. The van der Waals surface area contributed by atoms with Crippen LogP contribution in [0, 0.1) is 0 Å². The Balaban J connectivity index is 2.23. The highest BCUT2D eigenvalue weighted by Crippen LogP contribution is 2.23. The first-order chi connectivity index (χ1) is 29.3. The zero-order valence-corrected chi connectivity index (χ0v) is 39.2. The van der Waals surface area contributed by atoms with Gasteiger partial charge in [-0.1, -0.05) is 219 Å². The number of allylic oxidation sites excluding steroid dienone is 2. The molecule has 0 aromatic carbocycles. The number of unbranched alkanes of at least 4 members (excludes halogenated alkanes) is 32. The second-order valence-electron chi connectivity index (χ2n) is 18.3. The number of hydrogen-bond acceptors (Lipinski definition) is 8. The lowest BCUT2D eigenvalue weighted by molar-refractivity contribution is -0.302. The maximum absolute atomic E-state index is 13.0. The molecule has 1 heterocycles. The minimum Gasteiger partial charge on any atom is -0.394 e. The molecule has 0 radical (unpaired) electrons. The zero-order chi connectivity index (χ0) is 43.7. The highest BCUT2D eigenvalue weighted by Gasteiger charge is 2.44. The summed E-state index contributed by atoms with van der Waals surface area (Å²) in [5.41, 5.74) is 0. The van der Waals surface area contributed by atoms with Gasteiger partial charge >= 0.3 is 0 Å². The maximum atomic E-state index is 13.0. The molecule has 0 saturated carbocycles. The van der Waals surface area contributed by atoms with Crippen molar-refractivity contribution in [3.63, 3.8) is 0 Å². The standard InChI is InChI=1S/C51H99NO8/c1-3-5-7-9-11-13-15-17-19-20-21-22-23-24-25-26-27-29-31-33-35-37-39-41-47(55)52-44(43-59-51-50(58)49(57)48(56)46(42-53)60-51)45(54)40-38-36-34-32-30-28-18-16-14-12-10-8-6-4-2/h24-25,44-46,48-51,53-54,56-58H,3-23,26-43H2,1-2H3,(H,52,55)/b25-24-. The lowest BCUT2D eigenvalue weighted by Crippen LogP contribution is -2.60. The molecule has 7 unspecified atom stereocenters. The van der Waals surface area contributed by atoms with E-state index in [9.17, 15) is 30.3 Å². The van der Waals surface area contributed by atoms with Gasteiger partial charge in [0.1, 0.15) is 24.4 Å². The molecule has 0 spiro atoms. The van der Waals surface area contributed by atoms with Crippen LogP contribution in [0.25, 0.3) is 0 Å². The van der Waals surface area contributed by atoms with Crippen LogP contribution in [-0.4, -0.2) is 87.5 Å². The molecule has 1 aliphatic heterocycles. The van der Waals surface area contributed by atoms with Crippen LogP contribution < -0.4 is 5.32 Å². The first-order valence-electron chi connectivity index (χ1n) is 25.9. The molecule has 0 aromatic rings. The maximum Gasteiger partial charge on any atom is 0.220 e. The summed E-state index contributed by atoms with van der Waals surface area (Å²) in [6.45, 7) is 3.85. The Morgan fingerprint density at radius 2 is 0.933 bits per heavy atom. The Hall–Kier alpha value is -1.07. The quantitative estimate of drug-likeness (QED) is 0.0262. The fraction of sp³-hybridized carbons (Fsp3) is 0.941. The van der Waals surface area contributed by atoms with Crippen molar-refractivity contribution in [2.45, 2.75) is 294 Å². The van der Waals surface area contributed by atoms with Crippen LogP contribution in [0.15, 0.2) is 12.2 Å². The third-order valence-electron chi connectivity index (χ3n) is 12.6. The predicted octanol–water partition coefficient (Wildman–Crippen LogP) is 11.7. The Kier molecular flexibility index (Phi) is 39.8. The van der Waals surface area contributed by atoms with Crippen molar-refractivity contribution in [1.82, 2.24) is 5.32 Å². The number of hydrogen-bond donors (Lipinski definition) is 6. The third-order valence-corrected chi connectivity index (χ3v) is 12.6. The molecule has 1 aliphatic rings. The second kappa shape index (κ2) is 41.9. The van der Waals surface area contributed by atoms with E-state index in [1.54, 1.807) is 0 Å². The molecular formula is C51H99NO8. The van der Waals surface area contributed by atoms with Crippen molar-refractivity contribution >= 4 is 5.91 Å². The van der Waals surface area contributed by atoms with Crippen molar-refractivity contribution in [2.75, 3.05) is 13.2 Å². The van der Waals surface area contributed by atoms with Gasteiger partial charge in [0.05, 0.1) is 25.4 Å². The smallest absolute Gasteiger partial charge is 0.220 e. The highest BCUT2D eigenvalue weighted by molar-refractivity contribution is 5.76. The molecule has 6 N–H and O–H groups in total. The van der Waals surface area contributed by atoms with Gasteiger partial charge < -0.3 is 40.3 Å². The van der Waals surface area contributed by atoms with Crippen molar-refractivity contribution in [1.29, 1.82) is 0 Å². The summed E-state index contributed by atoms with van der Waals surface area (Å²) < 4.78 is 11.3. The summed E-state index contributed by atoms with van der Waals surface area (Å²) in [6, 6.07) is -0.717. The highest BCUT2D eigenvalue weighted by atomic mass is 16.7. The van der Waals surface area contributed by atoms with Crippen molar-refractivity contribution in [3.05, 3.63) is 12.2 Å². The van der Waals surface area contributed by atoms with E-state index in [0.717, 1.165) is 38.5 Å². The number of carbonyl (C=O) groups excluding carboxylic acids is 1. The van der Waals surface area contributed by atoms with Crippen LogP contribution >= 0.6 is 0 Å². The molecular weight excluding hydrogens is 755 g/mol. The molecule has 9 heteroatoms. The molecule has 0 bridgehead atoms. The molecule has 0 aromatic heterocycles. The van der Waals surface area contributed by atoms with Crippen LogP contribution in [0.5, 0.6) is 0 Å². The number of nitrogens with one attached hydrogen (secondary N) is 1. The lowest BCUT2D eigenvalue weighted by atomic mass is 9.99. The number of aliphatic hydroxyl groups excluding tert-OH is 5. The van der Waals surface area contributed by atoms with Crippen LogP contribution in [0.3, 0.4) is 0 Å². The third kappa shape index (κ3) is 31.7. The van der Waals surface area contributed by atoms with E-state index < -0.39 is 49.5 Å². The van der Waals surface area contributed by atoms with Gasteiger partial charge in [0.2, 0.25) is 5.91 Å². The number of ether oxygens (including phenoxy) is 2. The normalized spacial score (nSPS) is 20.6. The van der Waals surface area contributed by atoms with E-state index in [-0.39, 0.29) is 12.5 Å². The van der Waals surface area contributed by atoms with Gasteiger partial charge in [-0.3, -0.25) is 4.79 Å². The van der Waals surface area contributed by atoms with Gasteiger partial charge in [0, 0.05) is 6.42 Å². The first-order valence-corrected chi connectivity index (χ1v) is 25.9. The minimum atomic E-state index is -1.55. The van der Waals surface area contributed by atoms with Crippen molar-refractivity contribution < 1.29 is 39.8 Å². The number of carbonyl (C=O) groups is 1. The number of aliphatic hydroxyl groups is 5. The van der Waals surface area contributed by atoms with Crippen molar-refractivity contribution in [3.8, 4) is 0 Å². The Labute approximate surface area is 369 Å². The summed E-state index contributed by atoms with van der Waals surface area (Å²) in [5, 5.41) is 54.5. The van der Waals surface area contributed by atoms with Gasteiger partial charge in [0.15, 0.2) is 6.29 Å². The summed E-state index contributed by atoms with van der Waals surface area (Å²) in [4.78, 5) is 13.0. The fourth-order valence-electron chi connectivity index (χ4n) is 8.45. The largest absolute Gasteiger partial charge is 0.394 e. The van der Waals surface area contributed by atoms with Gasteiger partial charge in [-0.25, -0.2) is 0 Å². The number of rotatable bonds is 44. The summed E-state index contributed by atoms with van der Waals surface area (Å²) in [5.74, 6) is -0.146. The fourth-order valence-corrected chi connectivity index (χ4v) is 8.45. The lowest BCUT2D eigenvalue weighted by Gasteiger charge is -2.40. The summed E-state index contributed by atoms with van der Waals surface area (Å²) >= 11 is 0. The zero-order valence-electron chi connectivity index (χ0n) is 39.2. The molecule has 7 atom stereocenters. The van der Waals surface area contributed by atoms with Crippen LogP contribution in [0.1, 0.15) is 251 Å². The van der Waals surface area contributed by atoms with Gasteiger partial charge in [-0.15, -0.1) is 0 Å². The van der Waals surface area contributed by atoms with Crippen LogP contribution in [0.4, 0.5) is 0 Å². The van der Waals surface area contributed by atoms with E-state index in [0.29, 0.717) is 12.8 Å². The van der Waals surface area contributed by atoms with E-state index in [1.807, 2.05) is 0 Å². The van der Waals surface area contributed by atoms with Gasteiger partial charge in [0.25, 0.3) is 0 Å². The molecule has 9 nitrogen and oxygen atoms in total. The SMILES string of the molecule is CCCCCCCCCCCCCC/C=C\CCCCCCCCCC(=O)NC(COC1OC(CO)C(O)C(O)C1O)C(O)CCCCCCCCCCCCCCCC. The van der Waals surface area contributed by atoms with Crippen LogP contribution in [-0.2, 0) is 14.3 Å². The Morgan fingerprint density at radius 3 is 1.35 bits per heavy atom. The van der Waals surface area contributed by atoms with Gasteiger partial charge in [-0.05, 0) is 38.5 Å². The molecule has 1 saturated heterocycles. The van der Waals surface area contributed by atoms with E-state index in [2.05, 4.69) is 31.3 Å². The van der Waals surface area contributed by atoms with Crippen molar-refractivity contribution in [2.24, 2.45) is 0 Å². The Morgan fingerprint density at radius 1 is 0.550 bits per heavy atom. The monoisotopic (exact) mass is 854 g/mol. The number of amides is 1. The van der Waals surface area contributed by atoms with Gasteiger partial charge in [-0.2, -0.15) is 0 Å². The van der Waals surface area contributed by atoms with E-state index in [1.165, 1.54) is 186 Å². The Bertz CT molecular complexity index is 950. The van der Waals surface area contributed by atoms with Crippen LogP contribution in [0.2, 0.25) is 0 Å². The predicted molar refractivity (Wildman–Crippen MR) is 249 cm³/mol. The molecule has 60 heavy (non-hydrogen) atoms. The summed E-state index contributed by atoms with van der Waals surface area (Å²) in [6.07, 6.45) is 42.3. The molecule has 0 aliphatic carbocycles. The summed E-state index contributed by atoms with van der Waals surface area (Å²) in [7, 11) is 0. The first kappa shape index (κ1) is 56.9. The van der Waals surface area contributed by atoms with E-state index in [4.69, 9.17) is 9.47 Å². The topological polar surface area (TPSA) is 149 Å². The molecule has 356 valence electrons.